The molecule has 90 valence electrons. The molecule has 0 aliphatic rings. The largest absolute Gasteiger partial charge is 0.340 e. The van der Waals surface area contributed by atoms with E-state index in [2.05, 4.69) is 15.0 Å². The summed E-state index contributed by atoms with van der Waals surface area (Å²) in [6, 6.07) is 1.98. The van der Waals surface area contributed by atoms with Gasteiger partial charge in [-0.25, -0.2) is 4.98 Å². The molecule has 0 bridgehead atoms. The first kappa shape index (κ1) is 10.4. The van der Waals surface area contributed by atoms with Crippen LogP contribution in [0.3, 0.4) is 0 Å². The molecule has 2 heterocycles. The van der Waals surface area contributed by atoms with Crippen molar-refractivity contribution in [3.63, 3.8) is 0 Å². The van der Waals surface area contributed by atoms with Crippen molar-refractivity contribution in [2.24, 2.45) is 0 Å². The van der Waals surface area contributed by atoms with E-state index in [0.717, 1.165) is 12.1 Å². The van der Waals surface area contributed by atoms with Crippen LogP contribution in [-0.4, -0.2) is 19.9 Å². The molecule has 3 aromatic rings. The van der Waals surface area contributed by atoms with Gasteiger partial charge < -0.3 is 9.97 Å². The van der Waals surface area contributed by atoms with E-state index in [-0.39, 0.29) is 16.6 Å². The summed E-state index contributed by atoms with van der Waals surface area (Å²) >= 11 is 0. The van der Waals surface area contributed by atoms with Crippen molar-refractivity contribution in [1.29, 1.82) is 0 Å². The van der Waals surface area contributed by atoms with Gasteiger partial charge >= 0.3 is 5.69 Å². The van der Waals surface area contributed by atoms with E-state index < -0.39 is 22.0 Å². The quantitative estimate of drug-likeness (QED) is 0.502. The van der Waals surface area contributed by atoms with Gasteiger partial charge in [-0.3, -0.25) is 14.9 Å². The normalized spacial score (nSPS) is 11.2. The zero-order valence-electron chi connectivity index (χ0n) is 8.73. The van der Waals surface area contributed by atoms with Crippen LogP contribution >= 0.6 is 0 Å². The minimum Gasteiger partial charge on any atom is -0.340 e. The molecule has 7 nitrogen and oxygen atoms in total. The minimum atomic E-state index is -0.969. The standard InChI is InChI=1S/C10H5FN4O3/c11-5-1-4-6(2-7(5)15(17)18)14-10(16)9-8(4)12-3-13-9/h1-3H,(H,12,13)(H,14,16). The maximum absolute atomic E-state index is 13.5. The van der Waals surface area contributed by atoms with Gasteiger partial charge in [-0.2, -0.15) is 4.39 Å². The van der Waals surface area contributed by atoms with E-state index in [4.69, 9.17) is 0 Å². The van der Waals surface area contributed by atoms with Gasteiger partial charge in [-0.05, 0) is 6.07 Å². The Labute approximate surface area is 97.4 Å². The van der Waals surface area contributed by atoms with Gasteiger partial charge in [0.15, 0.2) is 0 Å². The van der Waals surface area contributed by atoms with Crippen molar-refractivity contribution in [2.75, 3.05) is 0 Å². The number of aromatic amines is 2. The molecular weight excluding hydrogens is 243 g/mol. The van der Waals surface area contributed by atoms with Crippen molar-refractivity contribution < 1.29 is 9.31 Å². The van der Waals surface area contributed by atoms with E-state index in [1.807, 2.05) is 0 Å². The lowest BCUT2D eigenvalue weighted by atomic mass is 10.1. The summed E-state index contributed by atoms with van der Waals surface area (Å²) in [4.78, 5) is 30.4. The van der Waals surface area contributed by atoms with E-state index in [1.54, 1.807) is 0 Å². The molecule has 0 amide bonds. The molecule has 0 spiro atoms. The predicted molar refractivity (Wildman–Crippen MR) is 60.8 cm³/mol. The van der Waals surface area contributed by atoms with Crippen LogP contribution in [0, 0.1) is 15.9 Å². The molecule has 0 saturated heterocycles. The zero-order valence-corrected chi connectivity index (χ0v) is 8.73. The first-order chi connectivity index (χ1) is 8.58. The van der Waals surface area contributed by atoms with Crippen LogP contribution in [0.4, 0.5) is 10.1 Å². The van der Waals surface area contributed by atoms with Crippen LogP contribution < -0.4 is 5.56 Å². The fourth-order valence-corrected chi connectivity index (χ4v) is 1.86. The number of nitro groups is 1. The average Bonchev–Trinajstić information content (AvgIpc) is 2.79. The fourth-order valence-electron chi connectivity index (χ4n) is 1.86. The van der Waals surface area contributed by atoms with Crippen LogP contribution in [0.1, 0.15) is 0 Å². The molecular formula is C10H5FN4O3. The highest BCUT2D eigenvalue weighted by atomic mass is 19.1. The number of nitrogens with one attached hydrogen (secondary N) is 2. The lowest BCUT2D eigenvalue weighted by Crippen LogP contribution is -2.07. The van der Waals surface area contributed by atoms with Gasteiger partial charge in [-0.15, -0.1) is 0 Å². The number of H-pyrrole nitrogens is 2. The van der Waals surface area contributed by atoms with E-state index >= 15 is 0 Å². The topological polar surface area (TPSA) is 105 Å². The van der Waals surface area contributed by atoms with Gasteiger partial charge in [0.05, 0.1) is 16.8 Å². The maximum atomic E-state index is 13.5. The van der Waals surface area contributed by atoms with E-state index in [9.17, 15) is 19.3 Å². The molecule has 1 aromatic carbocycles. The predicted octanol–water partition coefficient (Wildman–Crippen LogP) is 1.45. The van der Waals surface area contributed by atoms with Crippen LogP contribution in [0.5, 0.6) is 0 Å². The SMILES string of the molecule is O=c1[nH]c2cc([N+](=O)[O-])c(F)cc2c2nc[nH]c12. The number of halogens is 1. The third kappa shape index (κ3) is 1.29. The van der Waals surface area contributed by atoms with Crippen LogP contribution in [0.25, 0.3) is 21.9 Å². The molecule has 3 rings (SSSR count). The number of aromatic nitrogens is 3. The van der Waals surface area contributed by atoms with E-state index in [1.165, 1.54) is 6.33 Å². The molecule has 0 saturated carbocycles. The fraction of sp³-hybridized carbons (Fsp3) is 0. The van der Waals surface area contributed by atoms with Gasteiger partial charge in [0.1, 0.15) is 11.0 Å². The number of nitrogens with zero attached hydrogens (tertiary/aromatic N) is 2. The monoisotopic (exact) mass is 248 g/mol. The Bertz CT molecular complexity index is 851. The number of hydrogen-bond donors (Lipinski definition) is 2. The number of rotatable bonds is 1. The highest BCUT2D eigenvalue weighted by Gasteiger charge is 2.18. The average molecular weight is 248 g/mol. The first-order valence-corrected chi connectivity index (χ1v) is 4.91. The summed E-state index contributed by atoms with van der Waals surface area (Å²) < 4.78 is 13.5. The highest BCUT2D eigenvalue weighted by Crippen LogP contribution is 2.25. The number of imidazole rings is 1. The summed E-state index contributed by atoms with van der Waals surface area (Å²) in [7, 11) is 0. The minimum absolute atomic E-state index is 0.174. The second kappa shape index (κ2) is 3.36. The Morgan fingerprint density at radius 2 is 2.17 bits per heavy atom. The number of nitro benzene ring substituents is 1. The van der Waals surface area contributed by atoms with Crippen molar-refractivity contribution in [2.45, 2.75) is 0 Å². The molecule has 0 atom stereocenters. The smallest absolute Gasteiger partial charge is 0.306 e. The number of hydrogen-bond acceptors (Lipinski definition) is 4. The molecule has 0 fully saturated rings. The van der Waals surface area contributed by atoms with Crippen molar-refractivity contribution in [3.8, 4) is 0 Å². The molecule has 8 heteroatoms. The van der Waals surface area contributed by atoms with Gasteiger partial charge in [-0.1, -0.05) is 0 Å². The third-order valence-electron chi connectivity index (χ3n) is 2.65. The van der Waals surface area contributed by atoms with Crippen LogP contribution in [-0.2, 0) is 0 Å². The van der Waals surface area contributed by atoms with Gasteiger partial charge in [0.25, 0.3) is 5.56 Å². The van der Waals surface area contributed by atoms with Gasteiger partial charge in [0.2, 0.25) is 5.82 Å². The summed E-state index contributed by atoms with van der Waals surface area (Å²) in [5.74, 6) is -0.969. The van der Waals surface area contributed by atoms with Crippen molar-refractivity contribution in [3.05, 3.63) is 44.7 Å². The van der Waals surface area contributed by atoms with Crippen molar-refractivity contribution >= 4 is 27.6 Å². The molecule has 0 aliphatic carbocycles. The highest BCUT2D eigenvalue weighted by molar-refractivity contribution is 6.02. The van der Waals surface area contributed by atoms with Crippen LogP contribution in [0.15, 0.2) is 23.3 Å². The zero-order chi connectivity index (χ0) is 12.9. The second-order valence-electron chi connectivity index (χ2n) is 3.69. The molecule has 2 aromatic heterocycles. The third-order valence-corrected chi connectivity index (χ3v) is 2.65. The Kier molecular flexibility index (Phi) is 1.94. The summed E-state index contributed by atoms with van der Waals surface area (Å²) in [5.41, 5.74) is -0.491. The molecule has 18 heavy (non-hydrogen) atoms. The molecule has 0 radical (unpaired) electrons. The summed E-state index contributed by atoms with van der Waals surface area (Å²) in [6.07, 6.45) is 1.30. The molecule has 2 N–H and O–H groups in total. The molecule has 0 unspecified atom stereocenters. The lowest BCUT2D eigenvalue weighted by molar-refractivity contribution is -0.387. The molecule has 0 aliphatic heterocycles. The Morgan fingerprint density at radius 3 is 2.89 bits per heavy atom. The maximum Gasteiger partial charge on any atom is 0.306 e. The summed E-state index contributed by atoms with van der Waals surface area (Å²) in [5, 5.41) is 10.9. The number of fused-ring (bicyclic) bond motifs is 3. The number of pyridine rings is 1. The first-order valence-electron chi connectivity index (χ1n) is 4.91. The van der Waals surface area contributed by atoms with Crippen LogP contribution in [0.2, 0.25) is 0 Å². The summed E-state index contributed by atoms with van der Waals surface area (Å²) in [6.45, 7) is 0. The van der Waals surface area contributed by atoms with Gasteiger partial charge in [0, 0.05) is 11.5 Å². The Hall–Kier alpha value is -2.77. The van der Waals surface area contributed by atoms with Crippen molar-refractivity contribution in [1.82, 2.24) is 15.0 Å². The number of benzene rings is 1. The Morgan fingerprint density at radius 1 is 1.39 bits per heavy atom. The van der Waals surface area contributed by atoms with E-state index in [0.29, 0.717) is 5.39 Å². The lowest BCUT2D eigenvalue weighted by Gasteiger charge is -2.00. The second-order valence-corrected chi connectivity index (χ2v) is 3.69. The Balaban J connectivity index is 2.54.